The molecule has 2 aromatic rings. The Morgan fingerprint density at radius 1 is 0.789 bits per heavy atom. The Labute approximate surface area is 113 Å². The third-order valence-corrected chi connectivity index (χ3v) is 3.82. The molecule has 0 atom stereocenters. The Balaban J connectivity index is 1.84. The van der Waals surface area contributed by atoms with E-state index < -0.39 is 7.67 Å². The lowest BCUT2D eigenvalue weighted by Crippen LogP contribution is -2.29. The van der Waals surface area contributed by atoms with Gasteiger partial charge in [0.2, 0.25) is 0 Å². The molecule has 0 aliphatic carbocycles. The Kier molecular flexibility index (Phi) is 4.88. The van der Waals surface area contributed by atoms with Gasteiger partial charge in [0.05, 0.1) is 0 Å². The third kappa shape index (κ3) is 4.97. The van der Waals surface area contributed by atoms with Crippen LogP contribution >= 0.6 is 7.67 Å². The van der Waals surface area contributed by atoms with Gasteiger partial charge in [-0.05, 0) is 11.1 Å². The van der Waals surface area contributed by atoms with Gasteiger partial charge in [-0.2, -0.15) is 0 Å². The van der Waals surface area contributed by atoms with E-state index in [1.54, 1.807) is 0 Å². The molecule has 2 N–H and O–H groups in total. The first-order valence-corrected chi connectivity index (χ1v) is 7.67. The van der Waals surface area contributed by atoms with Crippen LogP contribution in [-0.2, 0) is 17.7 Å². The maximum absolute atomic E-state index is 11.8. The quantitative estimate of drug-likeness (QED) is 0.792. The normalized spacial score (nSPS) is 11.4. The topological polar surface area (TPSA) is 64.2 Å². The predicted octanol–water partition coefficient (Wildman–Crippen LogP) is 2.03. The summed E-state index contributed by atoms with van der Waals surface area (Å²) in [7, 11) is -3.77. The van der Waals surface area contributed by atoms with Crippen LogP contribution in [0.1, 0.15) is 11.1 Å². The van der Waals surface area contributed by atoms with Crippen LogP contribution in [-0.4, -0.2) is 0 Å². The molecule has 2 rings (SSSR count). The van der Waals surface area contributed by atoms with Crippen molar-refractivity contribution in [3.8, 4) is 0 Å². The maximum Gasteiger partial charge on any atom is 0.144 e. The van der Waals surface area contributed by atoms with Gasteiger partial charge >= 0.3 is 0 Å². The van der Waals surface area contributed by atoms with Crippen molar-refractivity contribution < 1.29 is 9.46 Å². The first-order chi connectivity index (χ1) is 9.16. The molecule has 0 aromatic heterocycles. The highest BCUT2D eigenvalue weighted by molar-refractivity contribution is 7.52. The van der Waals surface area contributed by atoms with Gasteiger partial charge in [-0.1, -0.05) is 60.7 Å². The average molecular weight is 275 g/mol. The summed E-state index contributed by atoms with van der Waals surface area (Å²) in [6.07, 6.45) is 0. The molecule has 4 nitrogen and oxygen atoms in total. The largest absolute Gasteiger partial charge is 0.776 e. The molecule has 0 saturated heterocycles. The van der Waals surface area contributed by atoms with E-state index in [-0.39, 0.29) is 0 Å². The van der Waals surface area contributed by atoms with E-state index in [9.17, 15) is 9.46 Å². The van der Waals surface area contributed by atoms with E-state index in [0.717, 1.165) is 11.1 Å². The second-order valence-corrected chi connectivity index (χ2v) is 5.93. The molecule has 0 spiro atoms. The fraction of sp³-hybridized carbons (Fsp3) is 0.143. The molecule has 5 heteroatoms. The molecule has 2 aromatic carbocycles. The monoisotopic (exact) mass is 275 g/mol. The van der Waals surface area contributed by atoms with Crippen molar-refractivity contribution in [2.45, 2.75) is 13.1 Å². The highest BCUT2D eigenvalue weighted by Gasteiger charge is 2.06. The fourth-order valence-corrected chi connectivity index (χ4v) is 2.53. The summed E-state index contributed by atoms with van der Waals surface area (Å²) in [6.45, 7) is 0.590. The minimum Gasteiger partial charge on any atom is -0.776 e. The predicted molar refractivity (Wildman–Crippen MR) is 74.2 cm³/mol. The highest BCUT2D eigenvalue weighted by Crippen LogP contribution is 2.25. The van der Waals surface area contributed by atoms with Crippen LogP contribution in [0.2, 0.25) is 0 Å². The first kappa shape index (κ1) is 14.0. The van der Waals surface area contributed by atoms with Gasteiger partial charge in [-0.25, -0.2) is 0 Å². The Hall–Kier alpha value is -1.45. The lowest BCUT2D eigenvalue weighted by Gasteiger charge is -2.25. The van der Waals surface area contributed by atoms with E-state index in [0.29, 0.717) is 13.1 Å². The van der Waals surface area contributed by atoms with Gasteiger partial charge in [-0.3, -0.25) is 10.2 Å². The lowest BCUT2D eigenvalue weighted by molar-refractivity contribution is -0.182. The molecule has 0 unspecified atom stereocenters. The maximum atomic E-state index is 11.8. The summed E-state index contributed by atoms with van der Waals surface area (Å²) < 4.78 is 11.8. The van der Waals surface area contributed by atoms with E-state index >= 15 is 0 Å². The number of nitrogens with one attached hydrogen (secondary N) is 2. The zero-order chi connectivity index (χ0) is 13.6. The SMILES string of the molecule is O=P([O-])(NCc1ccccc1)NCc1ccccc1. The first-order valence-electron chi connectivity index (χ1n) is 6.05. The van der Waals surface area contributed by atoms with Crippen LogP contribution in [0.4, 0.5) is 0 Å². The number of rotatable bonds is 6. The summed E-state index contributed by atoms with van der Waals surface area (Å²) >= 11 is 0. The van der Waals surface area contributed by atoms with Crippen molar-refractivity contribution in [3.05, 3.63) is 71.8 Å². The third-order valence-electron chi connectivity index (χ3n) is 2.67. The molecule has 19 heavy (non-hydrogen) atoms. The zero-order valence-electron chi connectivity index (χ0n) is 10.5. The summed E-state index contributed by atoms with van der Waals surface area (Å²) in [5, 5.41) is 5.07. The number of hydrogen-bond acceptors (Lipinski definition) is 2. The minimum atomic E-state index is -3.77. The summed E-state index contributed by atoms with van der Waals surface area (Å²) in [5.74, 6) is 0. The second-order valence-electron chi connectivity index (χ2n) is 4.19. The molecule has 0 saturated carbocycles. The lowest BCUT2D eigenvalue weighted by atomic mass is 10.2. The van der Waals surface area contributed by atoms with Gasteiger partial charge in [0.1, 0.15) is 7.67 Å². The van der Waals surface area contributed by atoms with E-state index in [1.807, 2.05) is 60.7 Å². The molecule has 0 radical (unpaired) electrons. The fourth-order valence-electron chi connectivity index (χ4n) is 1.64. The van der Waals surface area contributed by atoms with Crippen LogP contribution in [0.25, 0.3) is 0 Å². The van der Waals surface area contributed by atoms with Crippen LogP contribution in [0.5, 0.6) is 0 Å². The van der Waals surface area contributed by atoms with E-state index in [4.69, 9.17) is 0 Å². The van der Waals surface area contributed by atoms with E-state index in [1.165, 1.54) is 0 Å². The van der Waals surface area contributed by atoms with Crippen molar-refractivity contribution in [1.29, 1.82) is 0 Å². The van der Waals surface area contributed by atoms with Crippen LogP contribution in [0.15, 0.2) is 60.7 Å². The zero-order valence-corrected chi connectivity index (χ0v) is 11.3. The van der Waals surface area contributed by atoms with Crippen molar-refractivity contribution in [2.24, 2.45) is 0 Å². The number of benzene rings is 2. The van der Waals surface area contributed by atoms with Gasteiger partial charge in [0.15, 0.2) is 0 Å². The molecule has 0 fully saturated rings. The van der Waals surface area contributed by atoms with Gasteiger partial charge < -0.3 is 9.46 Å². The van der Waals surface area contributed by atoms with Crippen molar-refractivity contribution >= 4 is 7.67 Å². The molecule has 0 heterocycles. The summed E-state index contributed by atoms with van der Waals surface area (Å²) in [4.78, 5) is 11.8. The average Bonchev–Trinajstić information content (AvgIpc) is 2.46. The molecule has 0 bridgehead atoms. The second kappa shape index (κ2) is 6.64. The molecule has 0 amide bonds. The van der Waals surface area contributed by atoms with Crippen LogP contribution in [0.3, 0.4) is 0 Å². The van der Waals surface area contributed by atoms with Crippen LogP contribution in [0, 0.1) is 0 Å². The Morgan fingerprint density at radius 3 is 1.53 bits per heavy atom. The van der Waals surface area contributed by atoms with Crippen molar-refractivity contribution in [1.82, 2.24) is 10.2 Å². The van der Waals surface area contributed by atoms with Gasteiger partial charge in [-0.15, -0.1) is 0 Å². The molecule has 100 valence electrons. The van der Waals surface area contributed by atoms with Crippen molar-refractivity contribution in [2.75, 3.05) is 0 Å². The van der Waals surface area contributed by atoms with E-state index in [2.05, 4.69) is 10.2 Å². The standard InChI is InChI=1S/C14H17N2O2P/c17-19(18,15-11-13-7-3-1-4-8-13)16-12-14-9-5-2-6-10-14/h1-10H,11-12H2,(H3,15,16,17,18)/p-1. The van der Waals surface area contributed by atoms with Crippen molar-refractivity contribution in [3.63, 3.8) is 0 Å². The summed E-state index contributed by atoms with van der Waals surface area (Å²) in [5.41, 5.74) is 1.86. The van der Waals surface area contributed by atoms with Gasteiger partial charge in [0.25, 0.3) is 0 Å². The molecular formula is C14H16N2O2P-. The van der Waals surface area contributed by atoms with Crippen LogP contribution < -0.4 is 15.1 Å². The van der Waals surface area contributed by atoms with Gasteiger partial charge in [0, 0.05) is 13.1 Å². The number of hydrogen-bond donors (Lipinski definition) is 2. The Bertz CT molecular complexity index is 498. The highest BCUT2D eigenvalue weighted by atomic mass is 31.2. The molecular weight excluding hydrogens is 259 g/mol. The smallest absolute Gasteiger partial charge is 0.144 e. The summed E-state index contributed by atoms with van der Waals surface area (Å²) in [6, 6.07) is 18.8. The molecule has 0 aliphatic heterocycles. The molecule has 0 aliphatic rings. The minimum absolute atomic E-state index is 0.295. The Morgan fingerprint density at radius 2 is 1.16 bits per heavy atom.